The Hall–Kier alpha value is -1.22. The molecule has 0 spiro atoms. The summed E-state index contributed by atoms with van der Waals surface area (Å²) in [5.41, 5.74) is 2.19. The molecule has 2 N–H and O–H groups in total. The second-order valence-electron chi connectivity index (χ2n) is 6.54. The van der Waals surface area contributed by atoms with E-state index >= 15 is 0 Å². The van der Waals surface area contributed by atoms with Gasteiger partial charge in [0, 0.05) is 30.6 Å². The van der Waals surface area contributed by atoms with E-state index in [2.05, 4.69) is 51.2 Å². The molecule has 1 aliphatic rings. The molecular formula is C18H26IN5S. The molecule has 0 aliphatic carbocycles. The van der Waals surface area contributed by atoms with Crippen LogP contribution in [0.15, 0.2) is 41.5 Å². The smallest absolute Gasteiger partial charge is 0.194 e. The zero-order chi connectivity index (χ0) is 17.0. The van der Waals surface area contributed by atoms with Crippen molar-refractivity contribution in [2.45, 2.75) is 25.1 Å². The molecule has 25 heavy (non-hydrogen) atoms. The summed E-state index contributed by atoms with van der Waals surface area (Å²) in [4.78, 5) is 14.6. The van der Waals surface area contributed by atoms with Gasteiger partial charge in [-0.2, -0.15) is 11.8 Å². The lowest BCUT2D eigenvalue weighted by atomic mass is 10.2. The van der Waals surface area contributed by atoms with Crippen molar-refractivity contribution in [1.82, 2.24) is 20.2 Å². The minimum Gasteiger partial charge on any atom is -0.349 e. The summed E-state index contributed by atoms with van der Waals surface area (Å²) in [5, 5.41) is 3.43. The maximum absolute atomic E-state index is 4.48. The number of benzene rings is 1. The molecule has 0 radical (unpaired) electrons. The number of hydrogen-bond acceptors (Lipinski definition) is 3. The van der Waals surface area contributed by atoms with Crippen LogP contribution < -0.4 is 5.32 Å². The van der Waals surface area contributed by atoms with Gasteiger partial charge < -0.3 is 15.2 Å². The van der Waals surface area contributed by atoms with Crippen molar-refractivity contribution in [2.75, 3.05) is 25.9 Å². The van der Waals surface area contributed by atoms with Crippen molar-refractivity contribution in [3.63, 3.8) is 0 Å². The minimum absolute atomic E-state index is 0. The lowest BCUT2D eigenvalue weighted by molar-refractivity contribution is 0.375. The van der Waals surface area contributed by atoms with Gasteiger partial charge in [0.2, 0.25) is 0 Å². The van der Waals surface area contributed by atoms with E-state index in [0.29, 0.717) is 6.54 Å². The van der Waals surface area contributed by atoms with Gasteiger partial charge in [-0.3, -0.25) is 4.99 Å². The van der Waals surface area contributed by atoms with Crippen molar-refractivity contribution in [3.05, 3.63) is 42.4 Å². The standard InChI is InChI=1S/C18H25N5S.HI/c1-18(2)13-23(9-10-24-18)17(19-3)21-12-16-20-11-15(22-16)14-7-5-4-6-8-14;/h4-8,11H,9-10,12-13H2,1-3H3,(H,19,21)(H,20,22);1H. The lowest BCUT2D eigenvalue weighted by Crippen LogP contribution is -2.50. The van der Waals surface area contributed by atoms with Crippen LogP contribution >= 0.6 is 35.7 Å². The van der Waals surface area contributed by atoms with Crippen molar-refractivity contribution in [3.8, 4) is 11.3 Å². The molecular weight excluding hydrogens is 445 g/mol. The molecule has 136 valence electrons. The van der Waals surface area contributed by atoms with E-state index in [1.807, 2.05) is 43.2 Å². The van der Waals surface area contributed by atoms with Crippen molar-refractivity contribution in [2.24, 2.45) is 4.99 Å². The Kier molecular flexibility index (Phi) is 7.18. The number of aromatic nitrogens is 2. The molecule has 0 atom stereocenters. The quantitative estimate of drug-likeness (QED) is 0.408. The van der Waals surface area contributed by atoms with Gasteiger partial charge in [-0.15, -0.1) is 24.0 Å². The zero-order valence-electron chi connectivity index (χ0n) is 15.0. The first-order chi connectivity index (χ1) is 11.6. The third-order valence-corrected chi connectivity index (χ3v) is 5.36. The molecule has 1 fully saturated rings. The highest BCUT2D eigenvalue weighted by Crippen LogP contribution is 2.29. The number of imidazole rings is 1. The number of guanidine groups is 1. The van der Waals surface area contributed by atoms with Gasteiger partial charge >= 0.3 is 0 Å². The van der Waals surface area contributed by atoms with E-state index in [9.17, 15) is 0 Å². The maximum atomic E-state index is 4.48. The monoisotopic (exact) mass is 471 g/mol. The van der Waals surface area contributed by atoms with Crippen molar-refractivity contribution in [1.29, 1.82) is 0 Å². The van der Waals surface area contributed by atoms with E-state index in [0.717, 1.165) is 41.9 Å². The van der Waals surface area contributed by atoms with Crippen molar-refractivity contribution >= 4 is 41.7 Å². The Morgan fingerprint density at radius 2 is 2.12 bits per heavy atom. The molecule has 0 unspecified atom stereocenters. The largest absolute Gasteiger partial charge is 0.349 e. The fraction of sp³-hybridized carbons (Fsp3) is 0.444. The number of nitrogens with one attached hydrogen (secondary N) is 2. The van der Waals surface area contributed by atoms with Crippen LogP contribution in [0.1, 0.15) is 19.7 Å². The predicted molar refractivity (Wildman–Crippen MR) is 118 cm³/mol. The molecule has 3 rings (SSSR count). The van der Waals surface area contributed by atoms with E-state index in [1.165, 1.54) is 0 Å². The van der Waals surface area contributed by atoms with Crippen LogP contribution in [0, 0.1) is 0 Å². The van der Waals surface area contributed by atoms with E-state index in [4.69, 9.17) is 0 Å². The van der Waals surface area contributed by atoms with Crippen LogP contribution in [0.25, 0.3) is 11.3 Å². The van der Waals surface area contributed by atoms with E-state index < -0.39 is 0 Å². The first-order valence-electron chi connectivity index (χ1n) is 8.26. The SMILES string of the molecule is CN=C(NCc1ncc(-c2ccccc2)[nH]1)N1CCSC(C)(C)C1.I. The second-order valence-corrected chi connectivity index (χ2v) is 8.34. The molecule has 0 amide bonds. The fourth-order valence-electron chi connectivity index (χ4n) is 2.91. The van der Waals surface area contributed by atoms with E-state index in [1.54, 1.807) is 0 Å². The maximum Gasteiger partial charge on any atom is 0.194 e. The number of halogens is 1. The first kappa shape index (κ1) is 20.1. The van der Waals surface area contributed by atoms with Crippen molar-refractivity contribution < 1.29 is 0 Å². The van der Waals surface area contributed by atoms with Crippen LogP contribution in [0.3, 0.4) is 0 Å². The molecule has 2 heterocycles. The Morgan fingerprint density at radius 3 is 2.80 bits per heavy atom. The molecule has 1 aliphatic heterocycles. The van der Waals surface area contributed by atoms with Gasteiger partial charge in [0.1, 0.15) is 5.82 Å². The number of nitrogens with zero attached hydrogens (tertiary/aromatic N) is 3. The number of rotatable bonds is 3. The third kappa shape index (κ3) is 5.37. The highest BCUT2D eigenvalue weighted by molar-refractivity contribution is 14.0. The Labute approximate surface area is 171 Å². The van der Waals surface area contributed by atoms with Crippen LogP contribution in [-0.4, -0.2) is 51.5 Å². The zero-order valence-corrected chi connectivity index (χ0v) is 18.1. The summed E-state index contributed by atoms with van der Waals surface area (Å²) >= 11 is 2.02. The number of H-pyrrole nitrogens is 1. The summed E-state index contributed by atoms with van der Waals surface area (Å²) in [6.07, 6.45) is 1.88. The van der Waals surface area contributed by atoms with Crippen LogP contribution in [-0.2, 0) is 6.54 Å². The molecule has 2 aromatic rings. The average Bonchev–Trinajstić information content (AvgIpc) is 3.04. The summed E-state index contributed by atoms with van der Waals surface area (Å²) in [7, 11) is 1.84. The molecule has 5 nitrogen and oxygen atoms in total. The summed E-state index contributed by atoms with van der Waals surface area (Å²) in [6, 6.07) is 10.2. The number of aliphatic imine (C=N–C) groups is 1. The molecule has 0 bridgehead atoms. The molecule has 1 saturated heterocycles. The lowest BCUT2D eigenvalue weighted by Gasteiger charge is -2.39. The van der Waals surface area contributed by atoms with Gasteiger partial charge in [0.25, 0.3) is 0 Å². The second kappa shape index (κ2) is 8.93. The molecule has 7 heteroatoms. The Morgan fingerprint density at radius 1 is 1.36 bits per heavy atom. The third-order valence-electron chi connectivity index (χ3n) is 4.06. The van der Waals surface area contributed by atoms with Gasteiger partial charge in [-0.25, -0.2) is 4.98 Å². The highest BCUT2D eigenvalue weighted by Gasteiger charge is 2.28. The van der Waals surface area contributed by atoms with Gasteiger partial charge in [0.05, 0.1) is 18.4 Å². The average molecular weight is 471 g/mol. The number of thioether (sulfide) groups is 1. The number of aromatic amines is 1. The van der Waals surface area contributed by atoms with Gasteiger partial charge in [-0.05, 0) is 19.4 Å². The summed E-state index contributed by atoms with van der Waals surface area (Å²) in [5.74, 6) is 2.99. The van der Waals surface area contributed by atoms with E-state index in [-0.39, 0.29) is 28.7 Å². The molecule has 0 saturated carbocycles. The van der Waals surface area contributed by atoms with Gasteiger partial charge in [-0.1, -0.05) is 30.3 Å². The molecule has 1 aromatic heterocycles. The Bertz CT molecular complexity index is 699. The normalized spacial score (nSPS) is 17.1. The van der Waals surface area contributed by atoms with Gasteiger partial charge in [0.15, 0.2) is 5.96 Å². The topological polar surface area (TPSA) is 56.3 Å². The summed E-state index contributed by atoms with van der Waals surface area (Å²) < 4.78 is 0.265. The molecule has 1 aromatic carbocycles. The predicted octanol–water partition coefficient (Wildman–Crippen LogP) is 3.60. The number of hydrogen-bond donors (Lipinski definition) is 2. The first-order valence-corrected chi connectivity index (χ1v) is 9.25. The minimum atomic E-state index is 0. The van der Waals surface area contributed by atoms with Crippen LogP contribution in [0.5, 0.6) is 0 Å². The highest BCUT2D eigenvalue weighted by atomic mass is 127. The fourth-order valence-corrected chi connectivity index (χ4v) is 4.02. The van der Waals surface area contributed by atoms with Crippen LogP contribution in [0.2, 0.25) is 0 Å². The van der Waals surface area contributed by atoms with Crippen LogP contribution in [0.4, 0.5) is 0 Å². The summed E-state index contributed by atoms with van der Waals surface area (Å²) in [6.45, 7) is 7.25. The Balaban J connectivity index is 0.00000225.